The van der Waals surface area contributed by atoms with Crippen LogP contribution in [0.1, 0.15) is 0 Å². The van der Waals surface area contributed by atoms with Crippen molar-refractivity contribution < 1.29 is 9.90 Å². The van der Waals surface area contributed by atoms with Crippen LogP contribution in [0.5, 0.6) is 0 Å². The molecular weight excluding hydrogens is 106 g/mol. The van der Waals surface area contributed by atoms with Crippen LogP contribution < -0.4 is 5.73 Å². The molecule has 0 bridgehead atoms. The summed E-state index contributed by atoms with van der Waals surface area (Å²) in [6, 6.07) is 0. The zero-order chi connectivity index (χ0) is 6.57. The van der Waals surface area contributed by atoms with Gasteiger partial charge in [-0.15, -0.1) is 0 Å². The van der Waals surface area contributed by atoms with Gasteiger partial charge in [0.15, 0.2) is 0 Å². The van der Waals surface area contributed by atoms with Crippen molar-refractivity contribution in [1.29, 1.82) is 0 Å². The average Bonchev–Trinajstić information content (AvgIpc) is 1.67. The molecule has 0 aliphatic rings. The molecule has 0 unspecified atom stereocenters. The molecule has 0 amide bonds. The number of allylic oxidation sites excluding steroid dienone is 2. The molecule has 3 heteroatoms. The molecule has 0 fully saturated rings. The lowest BCUT2D eigenvalue weighted by Gasteiger charge is -1.85. The molecule has 0 aromatic carbocycles. The van der Waals surface area contributed by atoms with Crippen molar-refractivity contribution in [3.63, 3.8) is 0 Å². The minimum atomic E-state index is -1.12. The van der Waals surface area contributed by atoms with E-state index >= 15 is 0 Å². The fourth-order valence-electron chi connectivity index (χ4n) is 0.198. The SMILES string of the molecule is C=CC=C(N)C(=O)O. The van der Waals surface area contributed by atoms with Crippen molar-refractivity contribution in [3.05, 3.63) is 24.4 Å². The van der Waals surface area contributed by atoms with E-state index in [9.17, 15) is 4.79 Å². The molecule has 8 heavy (non-hydrogen) atoms. The second-order valence-corrected chi connectivity index (χ2v) is 1.16. The van der Waals surface area contributed by atoms with E-state index in [2.05, 4.69) is 6.58 Å². The Morgan fingerprint density at radius 1 is 1.75 bits per heavy atom. The Balaban J connectivity index is 3.99. The van der Waals surface area contributed by atoms with Gasteiger partial charge in [0, 0.05) is 0 Å². The lowest BCUT2D eigenvalue weighted by molar-refractivity contribution is -0.132. The summed E-state index contributed by atoms with van der Waals surface area (Å²) in [5, 5.41) is 8.07. The Labute approximate surface area is 47.1 Å². The summed E-state index contributed by atoms with van der Waals surface area (Å²) in [5.74, 6) is -1.12. The van der Waals surface area contributed by atoms with Gasteiger partial charge in [0.05, 0.1) is 0 Å². The highest BCUT2D eigenvalue weighted by Gasteiger charge is 1.95. The molecule has 3 nitrogen and oxygen atoms in total. The van der Waals surface area contributed by atoms with Gasteiger partial charge in [-0.1, -0.05) is 12.7 Å². The summed E-state index contributed by atoms with van der Waals surface area (Å²) < 4.78 is 0. The van der Waals surface area contributed by atoms with Crippen LogP contribution in [0.25, 0.3) is 0 Å². The molecule has 0 saturated carbocycles. The summed E-state index contributed by atoms with van der Waals surface area (Å²) in [6.07, 6.45) is 2.55. The molecule has 0 aliphatic heterocycles. The number of carbonyl (C=O) groups is 1. The number of carboxylic acid groups (broad SMARTS) is 1. The third kappa shape index (κ3) is 2.02. The van der Waals surface area contributed by atoms with Crippen molar-refractivity contribution in [2.24, 2.45) is 5.73 Å². The first-order valence-electron chi connectivity index (χ1n) is 2.00. The summed E-state index contributed by atoms with van der Waals surface area (Å²) in [7, 11) is 0. The first-order chi connectivity index (χ1) is 3.68. The van der Waals surface area contributed by atoms with E-state index in [-0.39, 0.29) is 5.70 Å². The zero-order valence-electron chi connectivity index (χ0n) is 4.29. The second kappa shape index (κ2) is 2.85. The predicted octanol–water partition coefficient (Wildman–Crippen LogP) is 0.0996. The van der Waals surface area contributed by atoms with Crippen molar-refractivity contribution in [1.82, 2.24) is 0 Å². The maximum absolute atomic E-state index is 9.85. The lowest BCUT2D eigenvalue weighted by atomic mass is 10.4. The quantitative estimate of drug-likeness (QED) is 0.394. The van der Waals surface area contributed by atoms with Gasteiger partial charge in [-0.3, -0.25) is 0 Å². The number of aliphatic carboxylic acids is 1. The summed E-state index contributed by atoms with van der Waals surface area (Å²) in [4.78, 5) is 9.85. The molecule has 0 aromatic rings. The van der Waals surface area contributed by atoms with E-state index in [1.165, 1.54) is 12.2 Å². The lowest BCUT2D eigenvalue weighted by Crippen LogP contribution is -2.08. The van der Waals surface area contributed by atoms with Crippen molar-refractivity contribution in [2.45, 2.75) is 0 Å². The Kier molecular flexibility index (Phi) is 2.40. The smallest absolute Gasteiger partial charge is 0.351 e. The summed E-state index contributed by atoms with van der Waals surface area (Å²) >= 11 is 0. The van der Waals surface area contributed by atoms with Gasteiger partial charge < -0.3 is 10.8 Å². The maximum Gasteiger partial charge on any atom is 0.351 e. The number of carboxylic acids is 1. The summed E-state index contributed by atoms with van der Waals surface area (Å²) in [5.41, 5.74) is 4.72. The van der Waals surface area contributed by atoms with Crippen molar-refractivity contribution >= 4 is 5.97 Å². The van der Waals surface area contributed by atoms with E-state index in [0.717, 1.165) is 0 Å². The minimum absolute atomic E-state index is 0.194. The number of hydrogen-bond donors (Lipinski definition) is 2. The third-order valence-electron chi connectivity index (χ3n) is 0.544. The zero-order valence-corrected chi connectivity index (χ0v) is 4.29. The van der Waals surface area contributed by atoms with Crippen LogP contribution in [0.3, 0.4) is 0 Å². The van der Waals surface area contributed by atoms with Crippen molar-refractivity contribution in [2.75, 3.05) is 0 Å². The molecule has 0 spiro atoms. The maximum atomic E-state index is 9.85. The fourth-order valence-corrected chi connectivity index (χ4v) is 0.198. The normalized spacial score (nSPS) is 10.8. The molecule has 0 atom stereocenters. The number of rotatable bonds is 2. The largest absolute Gasteiger partial charge is 0.477 e. The Morgan fingerprint density at radius 3 is 2.38 bits per heavy atom. The molecule has 44 valence electrons. The van der Waals surface area contributed by atoms with Gasteiger partial charge in [0.2, 0.25) is 0 Å². The van der Waals surface area contributed by atoms with E-state index < -0.39 is 5.97 Å². The highest BCUT2D eigenvalue weighted by atomic mass is 16.4. The van der Waals surface area contributed by atoms with Crippen LogP contribution in [0.15, 0.2) is 24.4 Å². The average molecular weight is 113 g/mol. The van der Waals surface area contributed by atoms with Gasteiger partial charge in [-0.2, -0.15) is 0 Å². The fraction of sp³-hybridized carbons (Fsp3) is 0. The molecule has 0 aliphatic carbocycles. The van der Waals surface area contributed by atoms with E-state index in [4.69, 9.17) is 10.8 Å². The van der Waals surface area contributed by atoms with E-state index in [1.54, 1.807) is 0 Å². The molecule has 0 radical (unpaired) electrons. The molecule has 0 aromatic heterocycles. The molecular formula is C5H7NO2. The monoisotopic (exact) mass is 113 g/mol. The number of nitrogens with two attached hydrogens (primary N) is 1. The van der Waals surface area contributed by atoms with Crippen LogP contribution in [-0.2, 0) is 4.79 Å². The second-order valence-electron chi connectivity index (χ2n) is 1.16. The van der Waals surface area contributed by atoms with Crippen LogP contribution in [0.4, 0.5) is 0 Å². The van der Waals surface area contributed by atoms with Gasteiger partial charge in [0.25, 0.3) is 0 Å². The van der Waals surface area contributed by atoms with Crippen LogP contribution >= 0.6 is 0 Å². The van der Waals surface area contributed by atoms with Crippen LogP contribution in [0, 0.1) is 0 Å². The van der Waals surface area contributed by atoms with E-state index in [0.29, 0.717) is 0 Å². The first-order valence-corrected chi connectivity index (χ1v) is 2.00. The molecule has 3 N–H and O–H groups in total. The first kappa shape index (κ1) is 6.75. The standard InChI is InChI=1S/C5H7NO2/c1-2-3-4(6)5(7)8/h2-3H,1,6H2,(H,7,8). The molecule has 0 saturated heterocycles. The molecule has 0 rings (SSSR count). The minimum Gasteiger partial charge on any atom is -0.477 e. The highest BCUT2D eigenvalue weighted by molar-refractivity contribution is 5.85. The Morgan fingerprint density at radius 2 is 2.25 bits per heavy atom. The topological polar surface area (TPSA) is 63.3 Å². The van der Waals surface area contributed by atoms with Gasteiger partial charge in [-0.25, -0.2) is 4.79 Å². The van der Waals surface area contributed by atoms with Gasteiger partial charge in [0.1, 0.15) is 5.70 Å². The predicted molar refractivity (Wildman–Crippen MR) is 30.1 cm³/mol. The van der Waals surface area contributed by atoms with Gasteiger partial charge >= 0.3 is 5.97 Å². The third-order valence-corrected chi connectivity index (χ3v) is 0.544. The van der Waals surface area contributed by atoms with Crippen LogP contribution in [0.2, 0.25) is 0 Å². The van der Waals surface area contributed by atoms with Crippen LogP contribution in [-0.4, -0.2) is 11.1 Å². The Bertz CT molecular complexity index is 137. The molecule has 0 heterocycles. The highest BCUT2D eigenvalue weighted by Crippen LogP contribution is 1.81. The number of hydrogen-bond acceptors (Lipinski definition) is 2. The van der Waals surface area contributed by atoms with Gasteiger partial charge in [-0.05, 0) is 6.08 Å². The Hall–Kier alpha value is -1.25. The van der Waals surface area contributed by atoms with E-state index in [1.807, 2.05) is 0 Å². The summed E-state index contributed by atoms with van der Waals surface area (Å²) in [6.45, 7) is 3.26. The van der Waals surface area contributed by atoms with Crippen molar-refractivity contribution in [3.8, 4) is 0 Å².